The van der Waals surface area contributed by atoms with E-state index in [0.29, 0.717) is 36.8 Å². The number of carbonyl (C=O) groups excluding carboxylic acids is 1. The summed E-state index contributed by atoms with van der Waals surface area (Å²) in [7, 11) is 0. The Kier molecular flexibility index (Phi) is 3.29. The molecule has 5 heteroatoms. The number of carbonyl (C=O) groups is 1. The Morgan fingerprint density at radius 2 is 2.11 bits per heavy atom. The lowest BCUT2D eigenvalue weighted by Gasteiger charge is -2.24. The van der Waals surface area contributed by atoms with Gasteiger partial charge in [-0.15, -0.1) is 0 Å². The molecule has 102 valence electrons. The van der Waals surface area contributed by atoms with Gasteiger partial charge >= 0.3 is 0 Å². The largest absolute Gasteiger partial charge is 0.486 e. The maximum absolute atomic E-state index is 12.4. The first-order chi connectivity index (χ1) is 9.29. The summed E-state index contributed by atoms with van der Waals surface area (Å²) >= 11 is 0. The molecule has 5 nitrogen and oxygen atoms in total. The van der Waals surface area contributed by atoms with E-state index in [1.54, 1.807) is 23.1 Å². The zero-order valence-corrected chi connectivity index (χ0v) is 10.7. The van der Waals surface area contributed by atoms with Gasteiger partial charge in [0.05, 0.1) is 12.6 Å². The second-order valence-electron chi connectivity index (χ2n) is 4.84. The second kappa shape index (κ2) is 5.09. The molecule has 1 fully saturated rings. The first-order valence-electron chi connectivity index (χ1n) is 6.61. The van der Waals surface area contributed by atoms with Crippen LogP contribution in [0.2, 0.25) is 0 Å². The van der Waals surface area contributed by atoms with Crippen LogP contribution in [0.5, 0.6) is 11.5 Å². The Bertz CT molecular complexity index is 488. The van der Waals surface area contributed by atoms with Crippen molar-refractivity contribution < 1.29 is 19.4 Å². The van der Waals surface area contributed by atoms with E-state index in [4.69, 9.17) is 9.47 Å². The Morgan fingerprint density at radius 1 is 1.32 bits per heavy atom. The van der Waals surface area contributed by atoms with Crippen molar-refractivity contribution in [3.05, 3.63) is 23.8 Å². The molecule has 0 saturated carbocycles. The zero-order chi connectivity index (χ0) is 13.2. The third-order valence-corrected chi connectivity index (χ3v) is 3.64. The molecular weight excluding hydrogens is 246 g/mol. The summed E-state index contributed by atoms with van der Waals surface area (Å²) < 4.78 is 10.9. The Morgan fingerprint density at radius 3 is 2.89 bits per heavy atom. The number of aliphatic hydroxyl groups is 1. The quantitative estimate of drug-likeness (QED) is 0.866. The first kappa shape index (κ1) is 12.3. The summed E-state index contributed by atoms with van der Waals surface area (Å²) in [5.41, 5.74) is 0.588. The van der Waals surface area contributed by atoms with Gasteiger partial charge in [-0.3, -0.25) is 4.79 Å². The highest BCUT2D eigenvalue weighted by molar-refractivity contribution is 5.95. The zero-order valence-electron chi connectivity index (χ0n) is 10.7. The standard InChI is InChI=1S/C14H17NO4/c16-9-11-2-1-5-15(11)14(17)10-3-4-12-13(8-10)19-7-6-18-12/h3-4,8,11,16H,1-2,5-7,9H2. The van der Waals surface area contributed by atoms with Gasteiger partial charge in [-0.1, -0.05) is 0 Å². The monoisotopic (exact) mass is 263 g/mol. The minimum atomic E-state index is -0.0549. The van der Waals surface area contributed by atoms with Crippen molar-refractivity contribution in [3.8, 4) is 11.5 Å². The minimum Gasteiger partial charge on any atom is -0.486 e. The van der Waals surface area contributed by atoms with Crippen LogP contribution in [0.15, 0.2) is 18.2 Å². The third kappa shape index (κ3) is 2.26. The summed E-state index contributed by atoms with van der Waals surface area (Å²) in [5.74, 6) is 1.26. The van der Waals surface area contributed by atoms with E-state index in [1.807, 2.05) is 0 Å². The van der Waals surface area contributed by atoms with Crippen LogP contribution in [-0.4, -0.2) is 48.3 Å². The number of benzene rings is 1. The number of fused-ring (bicyclic) bond motifs is 1. The molecule has 0 radical (unpaired) electrons. The number of likely N-dealkylation sites (tertiary alicyclic amines) is 1. The number of hydrogen-bond donors (Lipinski definition) is 1. The van der Waals surface area contributed by atoms with E-state index in [9.17, 15) is 9.90 Å². The average molecular weight is 263 g/mol. The van der Waals surface area contributed by atoms with Gasteiger partial charge in [-0.2, -0.15) is 0 Å². The summed E-state index contributed by atoms with van der Waals surface area (Å²) in [5, 5.41) is 9.29. The molecule has 0 spiro atoms. The molecule has 1 saturated heterocycles. The summed E-state index contributed by atoms with van der Waals surface area (Å²) in [4.78, 5) is 14.2. The van der Waals surface area contributed by atoms with Crippen LogP contribution >= 0.6 is 0 Å². The number of ether oxygens (including phenoxy) is 2. The highest BCUT2D eigenvalue weighted by Gasteiger charge is 2.29. The third-order valence-electron chi connectivity index (χ3n) is 3.64. The van der Waals surface area contributed by atoms with Crippen molar-refractivity contribution in [1.29, 1.82) is 0 Å². The first-order valence-corrected chi connectivity index (χ1v) is 6.61. The molecular formula is C14H17NO4. The van der Waals surface area contributed by atoms with Gasteiger partial charge in [0.25, 0.3) is 5.91 Å². The summed E-state index contributed by atoms with van der Waals surface area (Å²) in [6.45, 7) is 1.78. The van der Waals surface area contributed by atoms with Crippen molar-refractivity contribution in [2.75, 3.05) is 26.4 Å². The molecule has 2 heterocycles. The minimum absolute atomic E-state index is 0.0241. The van der Waals surface area contributed by atoms with Crippen molar-refractivity contribution in [2.45, 2.75) is 18.9 Å². The maximum Gasteiger partial charge on any atom is 0.254 e. The van der Waals surface area contributed by atoms with E-state index in [-0.39, 0.29) is 18.6 Å². The highest BCUT2D eigenvalue weighted by Crippen LogP contribution is 2.31. The van der Waals surface area contributed by atoms with Crippen LogP contribution in [0, 0.1) is 0 Å². The highest BCUT2D eigenvalue weighted by atomic mass is 16.6. The molecule has 19 heavy (non-hydrogen) atoms. The van der Waals surface area contributed by atoms with Crippen molar-refractivity contribution in [2.24, 2.45) is 0 Å². The molecule has 1 aromatic rings. The molecule has 1 unspecified atom stereocenters. The van der Waals surface area contributed by atoms with E-state index in [2.05, 4.69) is 0 Å². The number of hydrogen-bond acceptors (Lipinski definition) is 4. The number of amides is 1. The molecule has 1 amide bonds. The molecule has 1 aromatic carbocycles. The van der Waals surface area contributed by atoms with E-state index in [1.165, 1.54) is 0 Å². The van der Waals surface area contributed by atoms with E-state index in [0.717, 1.165) is 12.8 Å². The van der Waals surface area contributed by atoms with Gasteiger partial charge in [0.2, 0.25) is 0 Å². The summed E-state index contributed by atoms with van der Waals surface area (Å²) in [6, 6.07) is 5.19. The predicted octanol–water partition coefficient (Wildman–Crippen LogP) is 1.05. The fourth-order valence-electron chi connectivity index (χ4n) is 2.64. The van der Waals surface area contributed by atoms with Gasteiger partial charge in [-0.05, 0) is 31.0 Å². The molecule has 2 aliphatic rings. The van der Waals surface area contributed by atoms with Crippen LogP contribution in [0.1, 0.15) is 23.2 Å². The van der Waals surface area contributed by atoms with E-state index < -0.39 is 0 Å². The van der Waals surface area contributed by atoms with Crippen LogP contribution in [0.3, 0.4) is 0 Å². The fraction of sp³-hybridized carbons (Fsp3) is 0.500. The van der Waals surface area contributed by atoms with Gasteiger partial charge < -0.3 is 19.5 Å². The Hall–Kier alpha value is -1.75. The van der Waals surface area contributed by atoms with Crippen LogP contribution < -0.4 is 9.47 Å². The van der Waals surface area contributed by atoms with E-state index >= 15 is 0 Å². The topological polar surface area (TPSA) is 59.0 Å². The van der Waals surface area contributed by atoms with Crippen molar-refractivity contribution in [3.63, 3.8) is 0 Å². The second-order valence-corrected chi connectivity index (χ2v) is 4.84. The summed E-state index contributed by atoms with van der Waals surface area (Å²) in [6.07, 6.45) is 1.81. The van der Waals surface area contributed by atoms with Crippen molar-refractivity contribution >= 4 is 5.91 Å². The van der Waals surface area contributed by atoms with Gasteiger partial charge in [0, 0.05) is 12.1 Å². The molecule has 0 bridgehead atoms. The predicted molar refractivity (Wildman–Crippen MR) is 68.6 cm³/mol. The normalized spacial score (nSPS) is 21.5. The lowest BCUT2D eigenvalue weighted by atomic mass is 10.1. The van der Waals surface area contributed by atoms with Gasteiger partial charge in [0.15, 0.2) is 11.5 Å². The number of nitrogens with zero attached hydrogens (tertiary/aromatic N) is 1. The maximum atomic E-state index is 12.4. The molecule has 0 aliphatic carbocycles. The molecule has 1 atom stereocenters. The molecule has 3 rings (SSSR count). The van der Waals surface area contributed by atoms with Crippen LogP contribution in [0.25, 0.3) is 0 Å². The average Bonchev–Trinajstić information content (AvgIpc) is 2.94. The Labute approximate surface area is 111 Å². The van der Waals surface area contributed by atoms with Crippen molar-refractivity contribution in [1.82, 2.24) is 4.90 Å². The van der Waals surface area contributed by atoms with Crippen LogP contribution in [0.4, 0.5) is 0 Å². The lowest BCUT2D eigenvalue weighted by Crippen LogP contribution is -2.37. The van der Waals surface area contributed by atoms with Crippen LogP contribution in [-0.2, 0) is 0 Å². The molecule has 1 N–H and O–H groups in total. The molecule has 0 aromatic heterocycles. The Balaban J connectivity index is 1.83. The van der Waals surface area contributed by atoms with Gasteiger partial charge in [0.1, 0.15) is 13.2 Å². The molecule has 2 aliphatic heterocycles. The lowest BCUT2D eigenvalue weighted by molar-refractivity contribution is 0.0676. The number of aliphatic hydroxyl groups excluding tert-OH is 1. The van der Waals surface area contributed by atoms with Gasteiger partial charge in [-0.25, -0.2) is 0 Å². The SMILES string of the molecule is O=C(c1ccc2c(c1)OCCO2)N1CCCC1CO. The smallest absolute Gasteiger partial charge is 0.254 e. The fourth-order valence-corrected chi connectivity index (χ4v) is 2.64. The number of rotatable bonds is 2.